The minimum Gasteiger partial charge on any atom is -0.376 e. The van der Waals surface area contributed by atoms with Crippen LogP contribution in [0.4, 0.5) is 4.39 Å². The summed E-state index contributed by atoms with van der Waals surface area (Å²) in [5, 5.41) is 1.26. The van der Waals surface area contributed by atoms with Gasteiger partial charge in [0.15, 0.2) is 10.9 Å². The molecule has 1 atom stereocenters. The van der Waals surface area contributed by atoms with Gasteiger partial charge in [-0.2, -0.15) is 0 Å². The van der Waals surface area contributed by atoms with Crippen LogP contribution in [0.1, 0.15) is 36.0 Å². The largest absolute Gasteiger partial charge is 0.376 e. The fourth-order valence-corrected chi connectivity index (χ4v) is 4.53. The number of carbonyl (C=O) groups excluding carboxylic acids is 1. The number of thioether (sulfide) groups is 1. The highest BCUT2D eigenvalue weighted by Gasteiger charge is 2.20. The number of fused-ring (bicyclic) bond motifs is 1. The molecule has 0 radical (unpaired) electrons. The Morgan fingerprint density at radius 3 is 2.77 bits per heavy atom. The third kappa shape index (κ3) is 4.79. The van der Waals surface area contributed by atoms with Gasteiger partial charge in [0.2, 0.25) is 0 Å². The van der Waals surface area contributed by atoms with Gasteiger partial charge in [0.25, 0.3) is 5.56 Å². The summed E-state index contributed by atoms with van der Waals surface area (Å²) < 4.78 is 20.5. The average Bonchev–Trinajstić information content (AvgIpc) is 3.27. The van der Waals surface area contributed by atoms with Crippen molar-refractivity contribution in [1.82, 2.24) is 9.55 Å². The minimum atomic E-state index is -0.353. The van der Waals surface area contributed by atoms with Gasteiger partial charge in [-0.1, -0.05) is 23.9 Å². The molecular formula is C23H23FN2O3S. The van der Waals surface area contributed by atoms with Crippen molar-refractivity contribution < 1.29 is 13.9 Å². The van der Waals surface area contributed by atoms with Crippen LogP contribution in [-0.4, -0.2) is 33.8 Å². The molecule has 1 aliphatic rings. The summed E-state index contributed by atoms with van der Waals surface area (Å²) in [5.41, 5.74) is 1.14. The first kappa shape index (κ1) is 20.8. The van der Waals surface area contributed by atoms with Crippen molar-refractivity contribution in [2.45, 2.75) is 43.5 Å². The predicted octanol–water partition coefficient (Wildman–Crippen LogP) is 4.47. The number of para-hydroxylation sites is 1. The molecule has 1 unspecified atom stereocenters. The maximum absolute atomic E-state index is 13.1. The Morgan fingerprint density at radius 1 is 1.20 bits per heavy atom. The quantitative estimate of drug-likeness (QED) is 0.230. The molecular weight excluding hydrogens is 403 g/mol. The van der Waals surface area contributed by atoms with E-state index in [1.807, 2.05) is 18.2 Å². The van der Waals surface area contributed by atoms with Crippen molar-refractivity contribution in [2.75, 3.05) is 12.4 Å². The molecule has 30 heavy (non-hydrogen) atoms. The normalized spacial score (nSPS) is 16.2. The van der Waals surface area contributed by atoms with Crippen LogP contribution in [-0.2, 0) is 11.3 Å². The van der Waals surface area contributed by atoms with E-state index in [1.54, 1.807) is 10.6 Å². The third-order valence-corrected chi connectivity index (χ3v) is 6.25. The summed E-state index contributed by atoms with van der Waals surface area (Å²) in [6.07, 6.45) is 2.99. The third-order valence-electron chi connectivity index (χ3n) is 5.18. The zero-order valence-corrected chi connectivity index (χ0v) is 17.4. The van der Waals surface area contributed by atoms with Crippen molar-refractivity contribution in [1.29, 1.82) is 0 Å². The summed E-state index contributed by atoms with van der Waals surface area (Å²) in [6, 6.07) is 13.0. The Labute approximate surface area is 178 Å². The second kappa shape index (κ2) is 9.53. The zero-order valence-electron chi connectivity index (χ0n) is 16.6. The van der Waals surface area contributed by atoms with E-state index in [-0.39, 0.29) is 23.3 Å². The molecule has 3 aromatic rings. The predicted molar refractivity (Wildman–Crippen MR) is 116 cm³/mol. The van der Waals surface area contributed by atoms with Crippen LogP contribution in [0.5, 0.6) is 0 Å². The molecule has 0 spiro atoms. The van der Waals surface area contributed by atoms with Crippen molar-refractivity contribution >= 4 is 28.4 Å². The number of rotatable bonds is 8. The highest BCUT2D eigenvalue weighted by Crippen LogP contribution is 2.22. The molecule has 0 aliphatic carbocycles. The number of benzene rings is 2. The molecule has 0 bridgehead atoms. The van der Waals surface area contributed by atoms with E-state index >= 15 is 0 Å². The molecule has 4 rings (SSSR count). The fraction of sp³-hybridized carbons (Fsp3) is 0.348. The van der Waals surface area contributed by atoms with Crippen molar-refractivity contribution in [3.8, 4) is 0 Å². The van der Waals surface area contributed by atoms with Crippen LogP contribution in [0.2, 0.25) is 0 Å². The molecule has 0 N–H and O–H groups in total. The minimum absolute atomic E-state index is 0.0150. The smallest absolute Gasteiger partial charge is 0.262 e. The van der Waals surface area contributed by atoms with Gasteiger partial charge in [-0.25, -0.2) is 9.37 Å². The summed E-state index contributed by atoms with van der Waals surface area (Å²) in [6.45, 7) is 1.22. The number of aromatic nitrogens is 2. The summed E-state index contributed by atoms with van der Waals surface area (Å²) >= 11 is 1.48. The second-order valence-corrected chi connectivity index (χ2v) is 8.41. The number of nitrogens with zero attached hydrogens (tertiary/aromatic N) is 2. The molecule has 0 saturated carbocycles. The van der Waals surface area contributed by atoms with Crippen LogP contribution in [0, 0.1) is 5.82 Å². The van der Waals surface area contributed by atoms with Crippen molar-refractivity contribution in [3.63, 3.8) is 0 Å². The zero-order chi connectivity index (χ0) is 20.9. The Morgan fingerprint density at radius 2 is 2.00 bits per heavy atom. The van der Waals surface area contributed by atoms with Crippen LogP contribution in [0.25, 0.3) is 10.9 Å². The number of ketones is 1. The highest BCUT2D eigenvalue weighted by atomic mass is 32.2. The fourth-order valence-electron chi connectivity index (χ4n) is 3.59. The molecule has 1 fully saturated rings. The van der Waals surface area contributed by atoms with E-state index in [9.17, 15) is 14.0 Å². The first-order valence-corrected chi connectivity index (χ1v) is 11.1. The van der Waals surface area contributed by atoms with E-state index in [4.69, 9.17) is 9.72 Å². The molecule has 1 aliphatic heterocycles. The average molecular weight is 427 g/mol. The highest BCUT2D eigenvalue weighted by molar-refractivity contribution is 7.99. The Balaban J connectivity index is 1.46. The molecule has 1 aromatic heterocycles. The van der Waals surface area contributed by atoms with Crippen LogP contribution >= 0.6 is 11.8 Å². The molecule has 0 amide bonds. The van der Waals surface area contributed by atoms with Gasteiger partial charge in [-0.05, 0) is 55.7 Å². The number of hydrogen-bond acceptors (Lipinski definition) is 5. The summed E-state index contributed by atoms with van der Waals surface area (Å²) in [5.74, 6) is 0.288. The van der Waals surface area contributed by atoms with Crippen LogP contribution < -0.4 is 5.56 Å². The molecule has 5 nitrogen and oxygen atoms in total. The van der Waals surface area contributed by atoms with Gasteiger partial charge >= 0.3 is 0 Å². The molecule has 2 aromatic carbocycles. The number of halogens is 1. The molecule has 2 heterocycles. The van der Waals surface area contributed by atoms with Gasteiger partial charge < -0.3 is 4.74 Å². The van der Waals surface area contributed by atoms with Gasteiger partial charge in [0.1, 0.15) is 5.82 Å². The number of hydrogen-bond donors (Lipinski definition) is 0. The van der Waals surface area contributed by atoms with Crippen molar-refractivity contribution in [3.05, 3.63) is 70.3 Å². The Kier molecular flexibility index (Phi) is 6.59. The maximum Gasteiger partial charge on any atom is 0.262 e. The van der Waals surface area contributed by atoms with Gasteiger partial charge in [0, 0.05) is 24.3 Å². The van der Waals surface area contributed by atoms with E-state index in [0.29, 0.717) is 46.8 Å². The SMILES string of the molecule is O=C(CCCSc1nc2ccccc2c(=O)n1CC1CCCO1)c1ccc(F)cc1. The number of Topliss-reactive ketones (excluding diaryl/α,β-unsaturated/α-hetero) is 1. The summed E-state index contributed by atoms with van der Waals surface area (Å²) in [4.78, 5) is 30.0. The lowest BCUT2D eigenvalue weighted by Crippen LogP contribution is -2.28. The molecule has 1 saturated heterocycles. The monoisotopic (exact) mass is 426 g/mol. The van der Waals surface area contributed by atoms with Crippen LogP contribution in [0.3, 0.4) is 0 Å². The van der Waals surface area contributed by atoms with E-state index < -0.39 is 0 Å². The first-order chi connectivity index (χ1) is 14.6. The van der Waals surface area contributed by atoms with Crippen LogP contribution in [0.15, 0.2) is 58.5 Å². The van der Waals surface area contributed by atoms with Gasteiger partial charge in [-0.15, -0.1) is 0 Å². The van der Waals surface area contributed by atoms with Gasteiger partial charge in [-0.3, -0.25) is 14.2 Å². The lowest BCUT2D eigenvalue weighted by atomic mass is 10.1. The number of ether oxygens (including phenoxy) is 1. The first-order valence-electron chi connectivity index (χ1n) is 10.1. The van der Waals surface area contributed by atoms with E-state index in [0.717, 1.165) is 19.4 Å². The van der Waals surface area contributed by atoms with Gasteiger partial charge in [0.05, 0.1) is 23.6 Å². The molecule has 156 valence electrons. The standard InChI is InChI=1S/C23H23FN2O3S/c24-17-11-9-16(10-12-17)21(27)8-4-14-30-23-25-20-7-2-1-6-19(20)22(28)26(23)15-18-5-3-13-29-18/h1-2,6-7,9-12,18H,3-5,8,13-15H2. The summed E-state index contributed by atoms with van der Waals surface area (Å²) in [7, 11) is 0. The maximum atomic E-state index is 13.1. The van der Waals surface area contributed by atoms with Crippen molar-refractivity contribution in [2.24, 2.45) is 0 Å². The lowest BCUT2D eigenvalue weighted by Gasteiger charge is -2.16. The number of carbonyl (C=O) groups is 1. The second-order valence-electron chi connectivity index (χ2n) is 7.34. The lowest BCUT2D eigenvalue weighted by molar-refractivity contribution is 0.0937. The topological polar surface area (TPSA) is 61.2 Å². The Bertz CT molecular complexity index is 1090. The molecule has 7 heteroatoms. The van der Waals surface area contributed by atoms with E-state index in [2.05, 4.69) is 0 Å². The Hall–Kier alpha value is -2.51. The van der Waals surface area contributed by atoms with E-state index in [1.165, 1.54) is 36.0 Å².